The molecule has 2 fully saturated rings. The standard InChI is InChI=1S/C20H19Cl2N3O2/c21-14-3-1-5-16(11-14)23-7-9-24(10-8-23)18-13-19(26)25(20(18)27)17-6-2-4-15(22)12-17/h1-6,11-12,18H,7-10,13H2/t18-/m0/s1. The van der Waals surface area contributed by atoms with Crippen LogP contribution in [0.25, 0.3) is 0 Å². The van der Waals surface area contributed by atoms with Gasteiger partial charge in [-0.2, -0.15) is 0 Å². The van der Waals surface area contributed by atoms with Crippen LogP contribution in [0.3, 0.4) is 0 Å². The zero-order valence-corrected chi connectivity index (χ0v) is 16.2. The molecule has 2 aromatic carbocycles. The second-order valence-corrected chi connectivity index (χ2v) is 7.64. The molecule has 0 unspecified atom stereocenters. The Morgan fingerprint density at radius 1 is 0.815 bits per heavy atom. The molecular weight excluding hydrogens is 385 g/mol. The summed E-state index contributed by atoms with van der Waals surface area (Å²) >= 11 is 12.1. The smallest absolute Gasteiger partial charge is 0.251 e. The maximum Gasteiger partial charge on any atom is 0.251 e. The predicted molar refractivity (Wildman–Crippen MR) is 108 cm³/mol. The second kappa shape index (κ2) is 7.50. The maximum atomic E-state index is 12.9. The molecule has 2 saturated heterocycles. The van der Waals surface area contributed by atoms with Crippen molar-refractivity contribution < 1.29 is 9.59 Å². The summed E-state index contributed by atoms with van der Waals surface area (Å²) in [5.41, 5.74) is 1.62. The van der Waals surface area contributed by atoms with Gasteiger partial charge in [-0.15, -0.1) is 0 Å². The van der Waals surface area contributed by atoms with Crippen molar-refractivity contribution in [2.24, 2.45) is 0 Å². The van der Waals surface area contributed by atoms with Crippen molar-refractivity contribution in [2.45, 2.75) is 12.5 Å². The van der Waals surface area contributed by atoms with Gasteiger partial charge in [-0.25, -0.2) is 4.90 Å². The van der Waals surface area contributed by atoms with Gasteiger partial charge in [0.1, 0.15) is 0 Å². The number of amides is 2. The van der Waals surface area contributed by atoms with E-state index in [0.29, 0.717) is 15.7 Å². The topological polar surface area (TPSA) is 43.9 Å². The number of halogens is 2. The number of piperazine rings is 1. The molecule has 2 heterocycles. The van der Waals surface area contributed by atoms with Gasteiger partial charge in [0.05, 0.1) is 18.2 Å². The van der Waals surface area contributed by atoms with Crippen LogP contribution in [0.15, 0.2) is 48.5 Å². The van der Waals surface area contributed by atoms with Crippen molar-refractivity contribution in [2.75, 3.05) is 36.0 Å². The predicted octanol–water partition coefficient (Wildman–Crippen LogP) is 3.45. The van der Waals surface area contributed by atoms with E-state index in [1.165, 1.54) is 4.90 Å². The summed E-state index contributed by atoms with van der Waals surface area (Å²) in [5, 5.41) is 1.22. The van der Waals surface area contributed by atoms with Crippen LogP contribution >= 0.6 is 23.2 Å². The van der Waals surface area contributed by atoms with Crippen molar-refractivity contribution >= 4 is 46.4 Å². The number of imide groups is 1. The van der Waals surface area contributed by atoms with Gasteiger partial charge in [-0.05, 0) is 36.4 Å². The minimum Gasteiger partial charge on any atom is -0.369 e. The fourth-order valence-corrected chi connectivity index (χ4v) is 4.12. The lowest BCUT2D eigenvalue weighted by Gasteiger charge is -2.38. The summed E-state index contributed by atoms with van der Waals surface area (Å²) in [6.45, 7) is 3.02. The van der Waals surface area contributed by atoms with Crippen molar-refractivity contribution in [1.82, 2.24) is 4.90 Å². The zero-order valence-electron chi connectivity index (χ0n) is 14.6. The Labute approximate surface area is 168 Å². The van der Waals surface area contributed by atoms with E-state index in [1.54, 1.807) is 24.3 Å². The number of hydrogen-bond acceptors (Lipinski definition) is 4. The third-order valence-corrected chi connectivity index (χ3v) is 5.59. The summed E-state index contributed by atoms with van der Waals surface area (Å²) < 4.78 is 0. The number of carbonyl (C=O) groups excluding carboxylic acids is 2. The average Bonchev–Trinajstić information content (AvgIpc) is 2.96. The highest BCUT2D eigenvalue weighted by atomic mass is 35.5. The Hall–Kier alpha value is -2.08. The first-order valence-corrected chi connectivity index (χ1v) is 9.65. The molecule has 27 heavy (non-hydrogen) atoms. The molecule has 0 radical (unpaired) electrons. The van der Waals surface area contributed by atoms with Gasteiger partial charge in [0.15, 0.2) is 0 Å². The molecule has 140 valence electrons. The first-order valence-electron chi connectivity index (χ1n) is 8.90. The molecule has 0 aromatic heterocycles. The van der Waals surface area contributed by atoms with Crippen LogP contribution in [0.1, 0.15) is 6.42 Å². The first kappa shape index (κ1) is 18.3. The Bertz CT molecular complexity index is 881. The van der Waals surface area contributed by atoms with Gasteiger partial charge in [-0.3, -0.25) is 14.5 Å². The molecule has 2 aliphatic rings. The second-order valence-electron chi connectivity index (χ2n) is 6.77. The van der Waals surface area contributed by atoms with Crippen molar-refractivity contribution in [3.63, 3.8) is 0 Å². The van der Waals surface area contributed by atoms with E-state index >= 15 is 0 Å². The molecule has 0 bridgehead atoms. The highest BCUT2D eigenvalue weighted by molar-refractivity contribution is 6.31. The minimum absolute atomic E-state index is 0.168. The lowest BCUT2D eigenvalue weighted by Crippen LogP contribution is -2.52. The van der Waals surface area contributed by atoms with Gasteiger partial charge in [0, 0.05) is 41.9 Å². The number of carbonyl (C=O) groups is 2. The molecular formula is C20H19Cl2N3O2. The molecule has 7 heteroatoms. The molecule has 0 spiro atoms. The molecule has 0 saturated carbocycles. The van der Waals surface area contributed by atoms with E-state index in [2.05, 4.69) is 9.80 Å². The van der Waals surface area contributed by atoms with Crippen LogP contribution in [0.5, 0.6) is 0 Å². The maximum absolute atomic E-state index is 12.9. The monoisotopic (exact) mass is 403 g/mol. The zero-order chi connectivity index (χ0) is 19.0. The van der Waals surface area contributed by atoms with Crippen LogP contribution in [-0.4, -0.2) is 48.9 Å². The van der Waals surface area contributed by atoms with Crippen LogP contribution in [0.4, 0.5) is 11.4 Å². The number of rotatable bonds is 3. The Kier molecular flexibility index (Phi) is 5.08. The van der Waals surface area contributed by atoms with Gasteiger partial charge < -0.3 is 4.90 Å². The summed E-state index contributed by atoms with van der Waals surface area (Å²) in [5.74, 6) is -0.344. The SMILES string of the molecule is O=C1C[C@H](N2CCN(c3cccc(Cl)c3)CC2)C(=O)N1c1cccc(Cl)c1. The summed E-state index contributed by atoms with van der Waals surface area (Å²) in [4.78, 5) is 31.0. The first-order chi connectivity index (χ1) is 13.0. The molecule has 0 N–H and O–H groups in total. The molecule has 0 aliphatic carbocycles. The van der Waals surface area contributed by atoms with E-state index in [0.717, 1.165) is 31.9 Å². The van der Waals surface area contributed by atoms with Crippen LogP contribution in [0.2, 0.25) is 10.0 Å². The largest absolute Gasteiger partial charge is 0.369 e. The number of benzene rings is 2. The third-order valence-electron chi connectivity index (χ3n) is 5.12. The van der Waals surface area contributed by atoms with Crippen molar-refractivity contribution in [3.05, 3.63) is 58.6 Å². The Morgan fingerprint density at radius 3 is 2.04 bits per heavy atom. The summed E-state index contributed by atoms with van der Waals surface area (Å²) in [6.07, 6.45) is 0.211. The third kappa shape index (κ3) is 3.68. The quantitative estimate of drug-likeness (QED) is 0.736. The number of hydrogen-bond donors (Lipinski definition) is 0. The van der Waals surface area contributed by atoms with E-state index in [1.807, 2.05) is 24.3 Å². The van der Waals surface area contributed by atoms with Gasteiger partial charge in [0.2, 0.25) is 5.91 Å². The molecule has 4 rings (SSSR count). The Balaban J connectivity index is 1.44. The van der Waals surface area contributed by atoms with Gasteiger partial charge in [-0.1, -0.05) is 35.3 Å². The van der Waals surface area contributed by atoms with Gasteiger partial charge in [0.25, 0.3) is 5.91 Å². The van der Waals surface area contributed by atoms with Crippen LogP contribution < -0.4 is 9.80 Å². The molecule has 1 atom stereocenters. The Morgan fingerprint density at radius 2 is 1.41 bits per heavy atom. The van der Waals surface area contributed by atoms with Crippen LogP contribution in [0, 0.1) is 0 Å². The van der Waals surface area contributed by atoms with Crippen molar-refractivity contribution in [3.8, 4) is 0 Å². The normalized spacial score (nSPS) is 21.2. The summed E-state index contributed by atoms with van der Waals surface area (Å²) in [6, 6.07) is 14.2. The fourth-order valence-electron chi connectivity index (χ4n) is 3.75. The van der Waals surface area contributed by atoms with E-state index in [9.17, 15) is 9.59 Å². The highest BCUT2D eigenvalue weighted by Crippen LogP contribution is 2.29. The number of nitrogens with zero attached hydrogens (tertiary/aromatic N) is 3. The molecule has 2 aromatic rings. The van der Waals surface area contributed by atoms with Gasteiger partial charge >= 0.3 is 0 Å². The van der Waals surface area contributed by atoms with E-state index in [4.69, 9.17) is 23.2 Å². The number of anilines is 2. The highest BCUT2D eigenvalue weighted by Gasteiger charge is 2.43. The van der Waals surface area contributed by atoms with E-state index < -0.39 is 6.04 Å². The molecule has 5 nitrogen and oxygen atoms in total. The molecule has 2 aliphatic heterocycles. The van der Waals surface area contributed by atoms with Crippen LogP contribution in [-0.2, 0) is 9.59 Å². The van der Waals surface area contributed by atoms with Crippen molar-refractivity contribution in [1.29, 1.82) is 0 Å². The fraction of sp³-hybridized carbons (Fsp3) is 0.300. The summed E-state index contributed by atoms with van der Waals surface area (Å²) in [7, 11) is 0. The van der Waals surface area contributed by atoms with E-state index in [-0.39, 0.29) is 18.2 Å². The minimum atomic E-state index is -0.405. The lowest BCUT2D eigenvalue weighted by atomic mass is 10.1. The average molecular weight is 404 g/mol. The lowest BCUT2D eigenvalue weighted by molar-refractivity contribution is -0.123. The molecule has 2 amide bonds.